The summed E-state index contributed by atoms with van der Waals surface area (Å²) >= 11 is 0. The van der Waals surface area contributed by atoms with E-state index in [4.69, 9.17) is 14.9 Å². The molecule has 1 rings (SSSR count). The third-order valence-electron chi connectivity index (χ3n) is 2.22. The molecule has 0 amide bonds. The molecule has 0 saturated carbocycles. The van der Waals surface area contributed by atoms with Crippen LogP contribution in [0, 0.1) is 0 Å². The van der Waals surface area contributed by atoms with Gasteiger partial charge in [-0.3, -0.25) is 0 Å². The maximum absolute atomic E-state index is 10.2. The minimum atomic E-state index is -1.57. The van der Waals surface area contributed by atoms with Gasteiger partial charge in [0.25, 0.3) is 0 Å². The molecule has 1 aliphatic heterocycles. The normalized spacial score (nSPS) is 39.6. The van der Waals surface area contributed by atoms with Crippen molar-refractivity contribution in [2.75, 3.05) is 13.2 Å². The predicted octanol–water partition coefficient (Wildman–Crippen LogP) is -3.11. The van der Waals surface area contributed by atoms with E-state index >= 15 is 0 Å². The fourth-order valence-electron chi connectivity index (χ4n) is 1.36. The van der Waals surface area contributed by atoms with E-state index in [1.54, 1.807) is 0 Å². The molecule has 1 fully saturated rings. The van der Waals surface area contributed by atoms with Crippen molar-refractivity contribution >= 4 is 5.97 Å². The Kier molecular flexibility index (Phi) is 4.59. The predicted molar refractivity (Wildman–Crippen MR) is 47.4 cm³/mol. The third-order valence-corrected chi connectivity index (χ3v) is 2.22. The standard InChI is InChI=1S/C8H14O8/c9-1-3-5(12)6(13)7(14)8(16-3)15-2-4(10)11/h3,5-9,12-14H,1-2H2,(H,10,11)/t3?,5-,6?,7?,8-/m1/s1. The summed E-state index contributed by atoms with van der Waals surface area (Å²) in [4.78, 5) is 10.2. The maximum atomic E-state index is 10.2. The molecule has 1 heterocycles. The monoisotopic (exact) mass is 238 g/mol. The zero-order valence-electron chi connectivity index (χ0n) is 8.26. The molecule has 0 aromatic rings. The highest BCUT2D eigenvalue weighted by Crippen LogP contribution is 2.21. The summed E-state index contributed by atoms with van der Waals surface area (Å²) in [6, 6.07) is 0. The molecule has 0 bridgehead atoms. The number of ether oxygens (including phenoxy) is 2. The van der Waals surface area contributed by atoms with E-state index in [0.29, 0.717) is 0 Å². The van der Waals surface area contributed by atoms with Crippen LogP contribution in [0.15, 0.2) is 0 Å². The summed E-state index contributed by atoms with van der Waals surface area (Å²) in [5, 5.41) is 45.3. The van der Waals surface area contributed by atoms with Crippen molar-refractivity contribution in [2.45, 2.75) is 30.7 Å². The molecular weight excluding hydrogens is 224 g/mol. The first-order valence-corrected chi connectivity index (χ1v) is 4.61. The largest absolute Gasteiger partial charge is 0.480 e. The van der Waals surface area contributed by atoms with E-state index in [0.717, 1.165) is 0 Å². The van der Waals surface area contributed by atoms with E-state index in [1.807, 2.05) is 0 Å². The lowest BCUT2D eigenvalue weighted by Gasteiger charge is -2.39. The van der Waals surface area contributed by atoms with E-state index in [1.165, 1.54) is 0 Å². The third kappa shape index (κ3) is 2.88. The molecule has 94 valence electrons. The molecule has 5 atom stereocenters. The highest BCUT2D eigenvalue weighted by molar-refractivity contribution is 5.68. The lowest BCUT2D eigenvalue weighted by atomic mass is 9.99. The molecule has 16 heavy (non-hydrogen) atoms. The number of hydrogen-bond acceptors (Lipinski definition) is 7. The molecule has 8 nitrogen and oxygen atoms in total. The van der Waals surface area contributed by atoms with Crippen molar-refractivity contribution in [3.8, 4) is 0 Å². The number of rotatable bonds is 4. The Morgan fingerprint density at radius 3 is 2.31 bits per heavy atom. The molecule has 0 aromatic carbocycles. The van der Waals surface area contributed by atoms with Crippen molar-refractivity contribution in [1.29, 1.82) is 0 Å². The highest BCUT2D eigenvalue weighted by Gasteiger charge is 2.44. The van der Waals surface area contributed by atoms with Gasteiger partial charge in [0.05, 0.1) is 6.61 Å². The smallest absolute Gasteiger partial charge is 0.329 e. The van der Waals surface area contributed by atoms with E-state index in [-0.39, 0.29) is 0 Å². The topological polar surface area (TPSA) is 137 Å². The Labute approximate surface area is 90.6 Å². The number of aliphatic hydroxyl groups is 4. The summed E-state index contributed by atoms with van der Waals surface area (Å²) in [7, 11) is 0. The number of hydrogen-bond donors (Lipinski definition) is 5. The van der Waals surface area contributed by atoms with Gasteiger partial charge < -0.3 is 35.0 Å². The minimum absolute atomic E-state index is 0.585. The zero-order valence-corrected chi connectivity index (χ0v) is 8.26. The molecule has 0 spiro atoms. The molecule has 0 aliphatic carbocycles. The van der Waals surface area contributed by atoms with Crippen LogP contribution in [0.2, 0.25) is 0 Å². The van der Waals surface area contributed by atoms with Crippen LogP contribution in [-0.4, -0.2) is 75.4 Å². The van der Waals surface area contributed by atoms with Crippen molar-refractivity contribution in [3.63, 3.8) is 0 Å². The van der Waals surface area contributed by atoms with Crippen LogP contribution in [0.25, 0.3) is 0 Å². The summed E-state index contributed by atoms with van der Waals surface area (Å²) < 4.78 is 9.54. The molecule has 3 unspecified atom stereocenters. The van der Waals surface area contributed by atoms with Crippen molar-refractivity contribution in [2.24, 2.45) is 0 Å². The summed E-state index contributed by atoms with van der Waals surface area (Å²) in [6.07, 6.45) is -7.12. The SMILES string of the molecule is O=C(O)CO[C@@H]1OC(CO)[C@@H](O)C(O)C1O. The second kappa shape index (κ2) is 5.53. The second-order valence-corrected chi connectivity index (χ2v) is 3.40. The summed E-state index contributed by atoms with van der Waals surface area (Å²) in [5.41, 5.74) is 0. The first kappa shape index (κ1) is 13.3. The average molecular weight is 238 g/mol. The van der Waals surface area contributed by atoms with Crippen molar-refractivity contribution < 1.29 is 39.8 Å². The molecular formula is C8H14O8. The first-order valence-electron chi connectivity index (χ1n) is 4.61. The Morgan fingerprint density at radius 2 is 1.81 bits per heavy atom. The Balaban J connectivity index is 2.60. The Hall–Kier alpha value is -0.770. The molecule has 1 aliphatic rings. The molecule has 5 N–H and O–H groups in total. The van der Waals surface area contributed by atoms with Gasteiger partial charge in [-0.05, 0) is 0 Å². The summed E-state index contributed by atoms with van der Waals surface area (Å²) in [5.74, 6) is -1.27. The highest BCUT2D eigenvalue weighted by atomic mass is 16.7. The van der Waals surface area contributed by atoms with Crippen LogP contribution < -0.4 is 0 Å². The van der Waals surface area contributed by atoms with Crippen LogP contribution in [-0.2, 0) is 14.3 Å². The van der Waals surface area contributed by atoms with Crippen LogP contribution in [0.3, 0.4) is 0 Å². The number of carboxylic acid groups (broad SMARTS) is 1. The zero-order chi connectivity index (χ0) is 12.3. The van der Waals surface area contributed by atoms with Crippen LogP contribution in [0.5, 0.6) is 0 Å². The van der Waals surface area contributed by atoms with Gasteiger partial charge in [-0.15, -0.1) is 0 Å². The molecule has 8 heteroatoms. The van der Waals surface area contributed by atoms with Crippen molar-refractivity contribution in [1.82, 2.24) is 0 Å². The van der Waals surface area contributed by atoms with E-state index < -0.39 is 49.9 Å². The van der Waals surface area contributed by atoms with Gasteiger partial charge in [-0.25, -0.2) is 4.79 Å². The lowest BCUT2D eigenvalue weighted by molar-refractivity contribution is -0.300. The number of carboxylic acids is 1. The molecule has 0 aromatic heterocycles. The Morgan fingerprint density at radius 1 is 1.19 bits per heavy atom. The lowest BCUT2D eigenvalue weighted by Crippen LogP contribution is -2.59. The van der Waals surface area contributed by atoms with Crippen LogP contribution >= 0.6 is 0 Å². The minimum Gasteiger partial charge on any atom is -0.480 e. The van der Waals surface area contributed by atoms with Gasteiger partial charge in [-0.2, -0.15) is 0 Å². The maximum Gasteiger partial charge on any atom is 0.329 e. The van der Waals surface area contributed by atoms with Crippen molar-refractivity contribution in [3.05, 3.63) is 0 Å². The van der Waals surface area contributed by atoms with Gasteiger partial charge in [0.15, 0.2) is 6.29 Å². The quantitative estimate of drug-likeness (QED) is 0.347. The van der Waals surface area contributed by atoms with Gasteiger partial charge in [0.2, 0.25) is 0 Å². The average Bonchev–Trinajstić information content (AvgIpc) is 2.25. The van der Waals surface area contributed by atoms with Crippen LogP contribution in [0.4, 0.5) is 0 Å². The van der Waals surface area contributed by atoms with Gasteiger partial charge in [0.1, 0.15) is 31.0 Å². The van der Waals surface area contributed by atoms with Crippen LogP contribution in [0.1, 0.15) is 0 Å². The second-order valence-electron chi connectivity index (χ2n) is 3.40. The van der Waals surface area contributed by atoms with Gasteiger partial charge in [0, 0.05) is 0 Å². The van der Waals surface area contributed by atoms with E-state index in [9.17, 15) is 20.1 Å². The molecule has 0 radical (unpaired) electrons. The number of aliphatic carboxylic acids is 1. The van der Waals surface area contributed by atoms with Gasteiger partial charge in [-0.1, -0.05) is 0 Å². The number of aliphatic hydroxyl groups excluding tert-OH is 4. The summed E-state index contributed by atoms with van der Waals surface area (Å²) in [6.45, 7) is -1.30. The fraction of sp³-hybridized carbons (Fsp3) is 0.875. The van der Waals surface area contributed by atoms with E-state index in [2.05, 4.69) is 4.74 Å². The Bertz CT molecular complexity index is 242. The fourth-order valence-corrected chi connectivity index (χ4v) is 1.36. The number of carbonyl (C=O) groups is 1. The van der Waals surface area contributed by atoms with Gasteiger partial charge >= 0.3 is 5.97 Å². The first-order chi connectivity index (χ1) is 7.47. The molecule has 1 saturated heterocycles.